The van der Waals surface area contributed by atoms with Crippen molar-refractivity contribution in [2.24, 2.45) is 0 Å². The molecule has 0 aliphatic rings. The van der Waals surface area contributed by atoms with Crippen molar-refractivity contribution in [3.63, 3.8) is 0 Å². The van der Waals surface area contributed by atoms with Crippen molar-refractivity contribution in [3.05, 3.63) is 0 Å². The highest BCUT2D eigenvalue weighted by Gasteiger charge is 2.79. The van der Waals surface area contributed by atoms with E-state index in [1.165, 1.54) is 14.1 Å². The molecule has 0 aromatic rings. The first kappa shape index (κ1) is 30.2. The third kappa shape index (κ3) is 7.93. The quantitative estimate of drug-likeness (QED) is 0.180. The number of likely N-dealkylation sites (N-methyl/N-ethyl adjacent to an activating group) is 1. The summed E-state index contributed by atoms with van der Waals surface area (Å²) < 4.78 is 145. The lowest BCUT2D eigenvalue weighted by molar-refractivity contribution is -0.890. The number of aliphatic hydroxyl groups is 2. The number of quaternary nitrogens is 1. The van der Waals surface area contributed by atoms with Crippen LogP contribution in [-0.2, 0) is 20.1 Å². The Morgan fingerprint density at radius 3 is 1.84 bits per heavy atom. The van der Waals surface area contributed by atoms with Gasteiger partial charge in [-0.3, -0.25) is 4.55 Å². The average Bonchev–Trinajstić information content (AvgIpc) is 2.50. The average molecular weight is 517 g/mol. The van der Waals surface area contributed by atoms with Crippen LogP contribution in [0.25, 0.3) is 0 Å². The molecular formula is C13H24F7N2O7S2+. The van der Waals surface area contributed by atoms with Gasteiger partial charge >= 0.3 is 17.4 Å². The highest BCUT2D eigenvalue weighted by atomic mass is 32.2. The van der Waals surface area contributed by atoms with Gasteiger partial charge in [-0.25, -0.2) is 8.42 Å². The van der Waals surface area contributed by atoms with Crippen LogP contribution >= 0.6 is 0 Å². The molecule has 0 saturated carbocycles. The number of aliphatic hydroxyl groups excluding tert-OH is 2. The third-order valence-electron chi connectivity index (χ3n) is 4.08. The summed E-state index contributed by atoms with van der Waals surface area (Å²) >= 11 is 0. The van der Waals surface area contributed by atoms with Crippen LogP contribution in [0.5, 0.6) is 0 Å². The molecule has 0 fully saturated rings. The second-order valence-corrected chi connectivity index (χ2v) is 10.8. The van der Waals surface area contributed by atoms with E-state index in [0.29, 0.717) is 0 Å². The first-order chi connectivity index (χ1) is 13.5. The lowest BCUT2D eigenvalue weighted by atomic mass is 10.3. The standard InChI is InChI=1S/C13H23F7N2O7S2/c1-22(2,6-7-23)5-3-4-21(8-10(24)9-30(25,26)27)31(28,29)13(19,20)11(14,15)12(16,17)18/h10,23-24H,3-9H2,1-2H3/p+1. The van der Waals surface area contributed by atoms with Crippen LogP contribution in [0.3, 0.4) is 0 Å². The molecule has 1 unspecified atom stereocenters. The van der Waals surface area contributed by atoms with E-state index in [1.807, 2.05) is 0 Å². The van der Waals surface area contributed by atoms with E-state index in [-0.39, 0.29) is 24.2 Å². The monoisotopic (exact) mass is 517 g/mol. The van der Waals surface area contributed by atoms with E-state index in [1.54, 1.807) is 0 Å². The Balaban J connectivity index is 5.99. The zero-order valence-corrected chi connectivity index (χ0v) is 18.0. The summed E-state index contributed by atoms with van der Waals surface area (Å²) in [7, 11) is -8.74. The molecule has 0 rings (SSSR count). The predicted molar refractivity (Wildman–Crippen MR) is 92.4 cm³/mol. The molecule has 0 radical (unpaired) electrons. The number of sulfonamides is 1. The Morgan fingerprint density at radius 2 is 1.45 bits per heavy atom. The third-order valence-corrected chi connectivity index (χ3v) is 6.80. The molecule has 0 saturated heterocycles. The van der Waals surface area contributed by atoms with Crippen LogP contribution in [0, 0.1) is 0 Å². The topological polar surface area (TPSA) is 132 Å². The summed E-state index contributed by atoms with van der Waals surface area (Å²) in [5, 5.41) is 11.8. The van der Waals surface area contributed by atoms with Gasteiger partial charge in [-0.05, 0) is 0 Å². The zero-order valence-electron chi connectivity index (χ0n) is 16.4. The van der Waals surface area contributed by atoms with Crippen molar-refractivity contribution < 1.29 is 66.8 Å². The minimum absolute atomic E-state index is 0.0208. The Hall–Kier alpha value is -0.790. The Morgan fingerprint density at radius 1 is 0.968 bits per heavy atom. The summed E-state index contributed by atoms with van der Waals surface area (Å²) in [6.07, 6.45) is -9.76. The lowest BCUT2D eigenvalue weighted by Crippen LogP contribution is -2.60. The van der Waals surface area contributed by atoms with E-state index >= 15 is 0 Å². The molecule has 0 aliphatic heterocycles. The van der Waals surface area contributed by atoms with Gasteiger partial charge in [0.1, 0.15) is 12.3 Å². The number of hydrogen-bond donors (Lipinski definition) is 3. The van der Waals surface area contributed by atoms with Crippen molar-refractivity contribution in [2.45, 2.75) is 29.9 Å². The summed E-state index contributed by atoms with van der Waals surface area (Å²) in [5.41, 5.74) is 0. The molecule has 0 amide bonds. The number of nitrogens with zero attached hydrogens (tertiary/aromatic N) is 2. The highest BCUT2D eigenvalue weighted by Crippen LogP contribution is 2.49. The molecule has 188 valence electrons. The molecule has 0 heterocycles. The maximum Gasteiger partial charge on any atom is 0.461 e. The molecule has 0 bridgehead atoms. The fourth-order valence-electron chi connectivity index (χ4n) is 2.39. The first-order valence-corrected chi connectivity index (χ1v) is 11.4. The van der Waals surface area contributed by atoms with Crippen molar-refractivity contribution >= 4 is 20.1 Å². The van der Waals surface area contributed by atoms with Gasteiger partial charge in [0.05, 0.1) is 33.4 Å². The summed E-state index contributed by atoms with van der Waals surface area (Å²) in [5.74, 6) is -8.59. The highest BCUT2D eigenvalue weighted by molar-refractivity contribution is 7.90. The molecule has 18 heteroatoms. The van der Waals surface area contributed by atoms with Crippen LogP contribution in [0.4, 0.5) is 30.7 Å². The predicted octanol–water partition coefficient (Wildman–Crippen LogP) is 0.116. The number of hydrogen-bond acceptors (Lipinski definition) is 6. The van der Waals surface area contributed by atoms with Crippen LogP contribution in [0.1, 0.15) is 6.42 Å². The molecule has 0 aromatic heterocycles. The van der Waals surface area contributed by atoms with Crippen molar-refractivity contribution in [2.75, 3.05) is 52.6 Å². The van der Waals surface area contributed by atoms with E-state index in [9.17, 15) is 52.7 Å². The maximum atomic E-state index is 13.9. The van der Waals surface area contributed by atoms with Gasteiger partial charge in [0, 0.05) is 19.5 Å². The van der Waals surface area contributed by atoms with Crippen LogP contribution in [-0.4, -0.2) is 116 Å². The van der Waals surface area contributed by atoms with Gasteiger partial charge < -0.3 is 14.7 Å². The second kappa shape index (κ2) is 10.0. The van der Waals surface area contributed by atoms with Crippen LogP contribution in [0.2, 0.25) is 0 Å². The zero-order chi connectivity index (χ0) is 25.1. The molecule has 0 aromatic carbocycles. The molecule has 9 nitrogen and oxygen atoms in total. The largest absolute Gasteiger partial charge is 0.461 e. The maximum absolute atomic E-state index is 13.9. The number of halogens is 7. The van der Waals surface area contributed by atoms with E-state index in [4.69, 9.17) is 9.66 Å². The fourth-order valence-corrected chi connectivity index (χ4v) is 4.48. The first-order valence-electron chi connectivity index (χ1n) is 8.40. The summed E-state index contributed by atoms with van der Waals surface area (Å²) in [6, 6.07) is 0. The fraction of sp³-hybridized carbons (Fsp3) is 1.00. The van der Waals surface area contributed by atoms with Gasteiger partial charge in [-0.2, -0.15) is 43.5 Å². The van der Waals surface area contributed by atoms with Crippen molar-refractivity contribution in [1.29, 1.82) is 0 Å². The van der Waals surface area contributed by atoms with Gasteiger partial charge in [0.25, 0.3) is 20.1 Å². The van der Waals surface area contributed by atoms with Crippen LogP contribution < -0.4 is 0 Å². The normalized spacial score (nSPS) is 16.0. The summed E-state index contributed by atoms with van der Waals surface area (Å²) in [6.45, 7) is -3.01. The van der Waals surface area contributed by atoms with Crippen molar-refractivity contribution in [1.82, 2.24) is 4.31 Å². The van der Waals surface area contributed by atoms with Gasteiger partial charge in [0.2, 0.25) is 0 Å². The Bertz CT molecular complexity index is 802. The van der Waals surface area contributed by atoms with E-state index < -0.39 is 73.2 Å². The molecule has 3 N–H and O–H groups in total. The summed E-state index contributed by atoms with van der Waals surface area (Å²) in [4.78, 5) is 0. The SMILES string of the molecule is C[N+](C)(CCO)CCCN(CC(O)CS(=O)(=O)O)S(=O)(=O)C(F)(F)C(F)(F)C(F)(F)F. The number of rotatable bonds is 13. The van der Waals surface area contributed by atoms with Crippen LogP contribution in [0.15, 0.2) is 0 Å². The minimum Gasteiger partial charge on any atom is -0.391 e. The van der Waals surface area contributed by atoms with E-state index in [0.717, 1.165) is 0 Å². The Kier molecular flexibility index (Phi) is 9.75. The molecule has 31 heavy (non-hydrogen) atoms. The lowest BCUT2D eigenvalue weighted by Gasteiger charge is -2.34. The van der Waals surface area contributed by atoms with Gasteiger partial charge in [0.15, 0.2) is 0 Å². The smallest absolute Gasteiger partial charge is 0.391 e. The minimum atomic E-state index is -7.00. The van der Waals surface area contributed by atoms with Crippen molar-refractivity contribution in [3.8, 4) is 0 Å². The van der Waals surface area contributed by atoms with Gasteiger partial charge in [-0.1, -0.05) is 0 Å². The molecule has 1 atom stereocenters. The molecule has 0 spiro atoms. The van der Waals surface area contributed by atoms with Gasteiger partial charge in [-0.15, -0.1) is 0 Å². The van der Waals surface area contributed by atoms with E-state index in [2.05, 4.69) is 0 Å². The molecule has 0 aliphatic carbocycles. The number of alkyl halides is 7. The second-order valence-electron chi connectivity index (χ2n) is 7.31. The molecular weight excluding hydrogens is 493 g/mol. The Labute approximate surface area is 174 Å².